The molecule has 2 aromatic heterocycles. The van der Waals surface area contributed by atoms with Crippen molar-refractivity contribution in [3.63, 3.8) is 0 Å². The van der Waals surface area contributed by atoms with E-state index >= 15 is 0 Å². The molecule has 10 heteroatoms. The molecule has 184 valence electrons. The van der Waals surface area contributed by atoms with E-state index in [4.69, 9.17) is 14.5 Å². The molecule has 0 radical (unpaired) electrons. The van der Waals surface area contributed by atoms with E-state index in [0.29, 0.717) is 17.9 Å². The molecule has 0 spiro atoms. The van der Waals surface area contributed by atoms with Gasteiger partial charge in [-0.3, -0.25) is 14.9 Å². The summed E-state index contributed by atoms with van der Waals surface area (Å²) in [5.74, 6) is -1.65. The lowest BCUT2D eigenvalue weighted by Gasteiger charge is -2.35. The predicted molar refractivity (Wildman–Crippen MR) is 131 cm³/mol. The molecule has 0 amide bonds. The van der Waals surface area contributed by atoms with E-state index in [9.17, 15) is 24.5 Å². The number of hydrogen-bond acceptors (Lipinski definition) is 8. The van der Waals surface area contributed by atoms with Crippen LogP contribution in [0.2, 0.25) is 0 Å². The number of nitrogens with zero attached hydrogens (tertiary/aromatic N) is 3. The Morgan fingerprint density at radius 1 is 1.16 bits per heavy atom. The first kappa shape index (κ1) is 22.6. The minimum absolute atomic E-state index is 0.0124. The molecule has 0 N–H and O–H groups in total. The van der Waals surface area contributed by atoms with Gasteiger partial charge in [-0.15, -0.1) is 0 Å². The summed E-state index contributed by atoms with van der Waals surface area (Å²) in [5.41, 5.74) is 0.932. The number of ether oxygens (including phenoxy) is 2. The van der Waals surface area contributed by atoms with E-state index in [1.54, 1.807) is 17.6 Å². The predicted octanol–water partition coefficient (Wildman–Crippen LogP) is 3.85. The van der Waals surface area contributed by atoms with Crippen LogP contribution in [0, 0.1) is 10.1 Å². The van der Waals surface area contributed by atoms with Crippen LogP contribution in [0.15, 0.2) is 65.5 Å². The number of esters is 2. The van der Waals surface area contributed by atoms with Crippen molar-refractivity contribution in [1.29, 1.82) is 0 Å². The lowest BCUT2D eigenvalue weighted by molar-refractivity contribution is -0.384. The van der Waals surface area contributed by atoms with Gasteiger partial charge >= 0.3 is 11.9 Å². The topological polar surface area (TPSA) is 131 Å². The highest BCUT2D eigenvalue weighted by molar-refractivity contribution is 5.94. The Labute approximate surface area is 209 Å². The molecule has 4 aromatic rings. The van der Waals surface area contributed by atoms with Crippen LogP contribution in [0.5, 0.6) is 0 Å². The second kappa shape index (κ2) is 8.09. The summed E-state index contributed by atoms with van der Waals surface area (Å²) in [6, 6.07) is 16.2. The van der Waals surface area contributed by atoms with Gasteiger partial charge in [0, 0.05) is 28.6 Å². The normalized spacial score (nSPS) is 17.5. The SMILES string of the molecule is CC[C@@]1(OC(=O)c2ccc([N+](=O)[O-])cc2)C(=O)OCc2c1cc1n(c2=O)Cc2cc3ccccc3nc2-1. The van der Waals surface area contributed by atoms with E-state index in [0.717, 1.165) is 16.5 Å². The number of nitro benzene ring substituents is 1. The monoisotopic (exact) mass is 497 g/mol. The summed E-state index contributed by atoms with van der Waals surface area (Å²) >= 11 is 0. The largest absolute Gasteiger partial charge is 0.457 e. The smallest absolute Gasteiger partial charge is 0.355 e. The summed E-state index contributed by atoms with van der Waals surface area (Å²) in [6.45, 7) is 1.74. The van der Waals surface area contributed by atoms with Gasteiger partial charge in [-0.05, 0) is 36.8 Å². The third kappa shape index (κ3) is 3.33. The number of carbonyl (C=O) groups is 2. The van der Waals surface area contributed by atoms with E-state index in [-0.39, 0.29) is 41.0 Å². The maximum atomic E-state index is 13.6. The van der Waals surface area contributed by atoms with Crippen molar-refractivity contribution < 1.29 is 24.0 Å². The third-order valence-corrected chi connectivity index (χ3v) is 6.97. The molecule has 10 nitrogen and oxygen atoms in total. The van der Waals surface area contributed by atoms with Crippen molar-refractivity contribution >= 4 is 28.5 Å². The maximum Gasteiger partial charge on any atom is 0.355 e. The molecule has 0 saturated carbocycles. The molecular weight excluding hydrogens is 478 g/mol. The summed E-state index contributed by atoms with van der Waals surface area (Å²) in [6.07, 6.45) is 0.0124. The number of rotatable bonds is 4. The minimum atomic E-state index is -1.86. The molecule has 2 aromatic carbocycles. The number of para-hydroxylation sites is 1. The Morgan fingerprint density at radius 2 is 1.92 bits per heavy atom. The summed E-state index contributed by atoms with van der Waals surface area (Å²) in [4.78, 5) is 54.9. The lowest BCUT2D eigenvalue weighted by atomic mass is 9.85. The van der Waals surface area contributed by atoms with Crippen LogP contribution in [-0.2, 0) is 33.0 Å². The summed E-state index contributed by atoms with van der Waals surface area (Å²) < 4.78 is 12.7. The second-order valence-corrected chi connectivity index (χ2v) is 8.95. The quantitative estimate of drug-likeness (QED) is 0.208. The van der Waals surface area contributed by atoms with Gasteiger partial charge in [-0.2, -0.15) is 0 Å². The first-order chi connectivity index (χ1) is 17.8. The molecule has 0 bridgehead atoms. The van der Waals surface area contributed by atoms with Crippen molar-refractivity contribution in [2.75, 3.05) is 0 Å². The molecule has 1 atom stereocenters. The van der Waals surface area contributed by atoms with E-state index in [1.165, 1.54) is 24.3 Å². The Balaban J connectivity index is 1.48. The molecule has 2 aliphatic heterocycles. The highest BCUT2D eigenvalue weighted by Crippen LogP contribution is 2.41. The van der Waals surface area contributed by atoms with Crippen molar-refractivity contribution in [3.8, 4) is 11.4 Å². The van der Waals surface area contributed by atoms with Gasteiger partial charge in [-0.1, -0.05) is 25.1 Å². The molecule has 2 aliphatic rings. The Morgan fingerprint density at radius 3 is 2.65 bits per heavy atom. The van der Waals surface area contributed by atoms with Crippen molar-refractivity contribution in [3.05, 3.63) is 103 Å². The number of nitro groups is 1. The standard InChI is InChI=1S/C27H19N3O7/c1-2-27(37-25(32)15-7-9-18(10-8-15)30(34)35)20-12-22-23-17(11-16-5-3-4-6-21(16)28-23)13-29(22)24(31)19(20)14-36-26(27)33/h3-12H,2,13-14H2,1H3/t27-/m0/s1. The second-order valence-electron chi connectivity index (χ2n) is 8.95. The number of hydrogen-bond donors (Lipinski definition) is 0. The molecule has 0 unspecified atom stereocenters. The van der Waals surface area contributed by atoms with E-state index < -0.39 is 22.5 Å². The Bertz CT molecular complexity index is 1710. The van der Waals surface area contributed by atoms with Crippen LogP contribution in [0.25, 0.3) is 22.3 Å². The van der Waals surface area contributed by atoms with Crippen LogP contribution in [-0.4, -0.2) is 26.4 Å². The molecule has 0 aliphatic carbocycles. The van der Waals surface area contributed by atoms with Crippen LogP contribution >= 0.6 is 0 Å². The fraction of sp³-hybridized carbons (Fsp3) is 0.185. The van der Waals surface area contributed by atoms with Crippen molar-refractivity contribution in [2.45, 2.75) is 32.1 Å². The van der Waals surface area contributed by atoms with E-state index in [1.807, 2.05) is 30.3 Å². The van der Waals surface area contributed by atoms with Crippen LogP contribution in [0.1, 0.15) is 40.4 Å². The van der Waals surface area contributed by atoms with Gasteiger partial charge in [0.2, 0.25) is 5.60 Å². The lowest BCUT2D eigenvalue weighted by Crippen LogP contribution is -2.47. The molecule has 6 rings (SSSR count). The first-order valence-corrected chi connectivity index (χ1v) is 11.6. The molecule has 0 saturated heterocycles. The zero-order chi connectivity index (χ0) is 25.9. The molecule has 37 heavy (non-hydrogen) atoms. The number of non-ortho nitro benzene ring substituents is 1. The maximum absolute atomic E-state index is 13.6. The van der Waals surface area contributed by atoms with Crippen molar-refractivity contribution in [2.24, 2.45) is 0 Å². The molecule has 0 fully saturated rings. The van der Waals surface area contributed by atoms with Gasteiger partial charge in [0.1, 0.15) is 6.61 Å². The van der Waals surface area contributed by atoms with Gasteiger partial charge in [-0.25, -0.2) is 14.6 Å². The average molecular weight is 497 g/mol. The highest BCUT2D eigenvalue weighted by Gasteiger charge is 2.50. The van der Waals surface area contributed by atoms with Crippen LogP contribution in [0.3, 0.4) is 0 Å². The number of carbonyl (C=O) groups excluding carboxylic acids is 2. The molecular formula is C27H19N3O7. The van der Waals surface area contributed by atoms with Crippen molar-refractivity contribution in [1.82, 2.24) is 9.55 Å². The van der Waals surface area contributed by atoms with Crippen LogP contribution < -0.4 is 5.56 Å². The minimum Gasteiger partial charge on any atom is -0.457 e. The van der Waals surface area contributed by atoms with Gasteiger partial charge in [0.05, 0.1) is 39.5 Å². The summed E-state index contributed by atoms with van der Waals surface area (Å²) in [5, 5.41) is 11.9. The number of benzene rings is 2. The van der Waals surface area contributed by atoms with E-state index in [2.05, 4.69) is 0 Å². The van der Waals surface area contributed by atoms with Gasteiger partial charge in [0.25, 0.3) is 11.2 Å². The average Bonchev–Trinajstić information content (AvgIpc) is 3.27. The number of aromatic nitrogens is 2. The number of cyclic esters (lactones) is 1. The van der Waals surface area contributed by atoms with Gasteiger partial charge in [0.15, 0.2) is 0 Å². The third-order valence-electron chi connectivity index (χ3n) is 6.97. The van der Waals surface area contributed by atoms with Gasteiger partial charge < -0.3 is 14.0 Å². The fourth-order valence-corrected chi connectivity index (χ4v) is 5.02. The van der Waals surface area contributed by atoms with Crippen LogP contribution in [0.4, 0.5) is 5.69 Å². The summed E-state index contributed by atoms with van der Waals surface area (Å²) in [7, 11) is 0. The number of pyridine rings is 2. The first-order valence-electron chi connectivity index (χ1n) is 11.6. The number of fused-ring (bicyclic) bond motifs is 5. The molecule has 4 heterocycles. The zero-order valence-corrected chi connectivity index (χ0v) is 19.6. The zero-order valence-electron chi connectivity index (χ0n) is 19.6. The highest BCUT2D eigenvalue weighted by atomic mass is 16.6. The fourth-order valence-electron chi connectivity index (χ4n) is 5.02. The Hall–Kier alpha value is -4.86. The Kier molecular flexibility index (Phi) is 4.94.